The summed E-state index contributed by atoms with van der Waals surface area (Å²) in [6.45, 7) is 31.8. The van der Waals surface area contributed by atoms with Crippen LogP contribution in [-0.2, 0) is 34.3 Å². The standard InChI is InChI=1S/C40H60O6Si2/c1-25(2)37-21-30(10)40-33(36(37)43-39(44-37,45-40)23-31-17-15-14-16-18-31)20-32(24-42-48(26(3)4,27(5)6)28(7)8)22-38(46-47(11,12)13)34(40)19-29(9)35(38)41/h14-20,26-28,30,33-34,36H,1,21-24H2,2-13H3/t30-,33+,34-,36-,37-,38-,39?,40-/m1/s1. The highest BCUT2D eigenvalue weighted by atomic mass is 28.4. The highest BCUT2D eigenvalue weighted by Gasteiger charge is 2.79. The molecule has 2 aliphatic heterocycles. The van der Waals surface area contributed by atoms with E-state index in [4.69, 9.17) is 23.1 Å². The van der Waals surface area contributed by atoms with Gasteiger partial charge in [-0.1, -0.05) is 97.5 Å². The highest BCUT2D eigenvalue weighted by molar-refractivity contribution is 6.77. The van der Waals surface area contributed by atoms with Crippen LogP contribution in [0.1, 0.15) is 80.7 Å². The lowest BCUT2D eigenvalue weighted by Gasteiger charge is -2.60. The second-order valence-corrected chi connectivity index (χ2v) is 27.5. The van der Waals surface area contributed by atoms with Crippen molar-refractivity contribution in [3.63, 3.8) is 0 Å². The smallest absolute Gasteiger partial charge is 0.289 e. The van der Waals surface area contributed by atoms with Crippen molar-refractivity contribution in [1.82, 2.24) is 0 Å². The van der Waals surface area contributed by atoms with Gasteiger partial charge in [-0.3, -0.25) is 4.79 Å². The topological polar surface area (TPSA) is 63.2 Å². The first kappa shape index (κ1) is 36.1. The predicted molar refractivity (Wildman–Crippen MR) is 197 cm³/mol. The van der Waals surface area contributed by atoms with Crippen LogP contribution in [0, 0.1) is 17.8 Å². The van der Waals surface area contributed by atoms with Crippen LogP contribution in [0.3, 0.4) is 0 Å². The Hall–Kier alpha value is -1.66. The van der Waals surface area contributed by atoms with Crippen LogP contribution in [0.2, 0.25) is 36.3 Å². The van der Waals surface area contributed by atoms with Gasteiger partial charge in [0, 0.05) is 18.3 Å². The molecule has 2 saturated heterocycles. The van der Waals surface area contributed by atoms with E-state index >= 15 is 0 Å². The van der Waals surface area contributed by atoms with E-state index in [-0.39, 0.29) is 29.6 Å². The van der Waals surface area contributed by atoms with Crippen molar-refractivity contribution in [2.24, 2.45) is 17.8 Å². The number of carbonyl (C=O) groups excluding carboxylic acids is 1. The number of benzene rings is 1. The number of hydrogen-bond donors (Lipinski definition) is 0. The SMILES string of the molecule is C=C(C)[C@]12C[C@@H](C)[C@@]34OC(Cc5ccccc5)(O[C@@H]1[C@@H]3C=C(CO[Si](C(C)C)(C(C)C)C(C)C)C[C@]1(O[Si](C)(C)C)C(=O)C(C)=C[C@@H]41)O2. The molecular formula is C40H60O6Si2. The van der Waals surface area contributed by atoms with E-state index in [1.807, 2.05) is 25.1 Å². The van der Waals surface area contributed by atoms with Gasteiger partial charge < -0.3 is 23.1 Å². The van der Waals surface area contributed by atoms with Crippen LogP contribution in [0.4, 0.5) is 0 Å². The van der Waals surface area contributed by atoms with Crippen molar-refractivity contribution in [1.29, 1.82) is 0 Å². The Bertz CT molecular complexity index is 1490. The number of ketones is 1. The van der Waals surface area contributed by atoms with E-state index in [9.17, 15) is 4.79 Å². The summed E-state index contributed by atoms with van der Waals surface area (Å²) in [4.78, 5) is 14.8. The third-order valence-electron chi connectivity index (χ3n) is 12.4. The maximum atomic E-state index is 14.8. The molecule has 1 aromatic rings. The minimum absolute atomic E-state index is 0.0218. The maximum absolute atomic E-state index is 14.8. The average Bonchev–Trinajstić information content (AvgIpc) is 3.28. The van der Waals surface area contributed by atoms with Crippen molar-refractivity contribution in [2.45, 2.75) is 147 Å². The number of ether oxygens (including phenoxy) is 3. The summed E-state index contributed by atoms with van der Waals surface area (Å²) in [5, 5.41) is 0. The lowest BCUT2D eigenvalue weighted by atomic mass is 9.55. The van der Waals surface area contributed by atoms with Crippen LogP contribution in [-0.4, -0.2) is 57.9 Å². The Balaban J connectivity index is 1.56. The summed E-state index contributed by atoms with van der Waals surface area (Å²) in [5.74, 6) is -1.71. The van der Waals surface area contributed by atoms with Crippen molar-refractivity contribution in [3.05, 3.63) is 71.3 Å². The fraction of sp³-hybridized carbons (Fsp3) is 0.675. The van der Waals surface area contributed by atoms with Crippen molar-refractivity contribution >= 4 is 22.4 Å². The molecular weight excluding hydrogens is 633 g/mol. The quantitative estimate of drug-likeness (QED) is 0.170. The molecule has 3 fully saturated rings. The highest BCUT2D eigenvalue weighted by Crippen LogP contribution is 2.69. The van der Waals surface area contributed by atoms with Gasteiger partial charge in [-0.15, -0.1) is 0 Å². The van der Waals surface area contributed by atoms with E-state index in [2.05, 4.69) is 106 Å². The molecule has 5 aliphatic rings. The van der Waals surface area contributed by atoms with Gasteiger partial charge in [-0.2, -0.15) is 0 Å². The second-order valence-electron chi connectivity index (χ2n) is 17.6. The van der Waals surface area contributed by atoms with Gasteiger partial charge in [0.25, 0.3) is 5.97 Å². The monoisotopic (exact) mass is 692 g/mol. The summed E-state index contributed by atoms with van der Waals surface area (Å²) in [6.07, 6.45) is 5.87. The summed E-state index contributed by atoms with van der Waals surface area (Å²) in [7, 11) is -4.48. The minimum atomic E-state index is -2.26. The van der Waals surface area contributed by atoms with E-state index in [0.29, 0.717) is 42.5 Å². The first-order chi connectivity index (χ1) is 22.3. The second kappa shape index (κ2) is 12.0. The fourth-order valence-corrected chi connectivity index (χ4v) is 17.7. The number of carbonyl (C=O) groups is 1. The van der Waals surface area contributed by atoms with Crippen LogP contribution in [0.25, 0.3) is 0 Å². The molecule has 6 rings (SSSR count). The molecule has 48 heavy (non-hydrogen) atoms. The first-order valence-electron chi connectivity index (χ1n) is 18.3. The molecule has 0 aromatic heterocycles. The number of fused-ring (bicyclic) bond motifs is 2. The molecule has 0 radical (unpaired) electrons. The Labute approximate surface area is 291 Å². The Kier molecular flexibility index (Phi) is 9.01. The van der Waals surface area contributed by atoms with E-state index in [0.717, 1.165) is 22.3 Å². The molecule has 1 saturated carbocycles. The Morgan fingerprint density at radius 2 is 1.62 bits per heavy atom. The normalized spacial score (nSPS) is 37.5. The zero-order valence-electron chi connectivity index (χ0n) is 31.6. The zero-order chi connectivity index (χ0) is 35.2. The minimum Gasteiger partial charge on any atom is -0.412 e. The molecule has 3 bridgehead atoms. The molecule has 0 amide bonds. The van der Waals surface area contributed by atoms with Gasteiger partial charge >= 0.3 is 0 Å². The Morgan fingerprint density at radius 1 is 1.00 bits per heavy atom. The summed E-state index contributed by atoms with van der Waals surface area (Å²) in [6, 6.07) is 10.3. The van der Waals surface area contributed by atoms with Gasteiger partial charge in [-0.05, 0) is 84.7 Å². The molecule has 0 N–H and O–H groups in total. The molecule has 8 atom stereocenters. The van der Waals surface area contributed by atoms with Crippen molar-refractivity contribution in [3.8, 4) is 0 Å². The third-order valence-corrected chi connectivity index (χ3v) is 19.4. The van der Waals surface area contributed by atoms with Crippen LogP contribution in [0.5, 0.6) is 0 Å². The largest absolute Gasteiger partial charge is 0.412 e. The summed E-state index contributed by atoms with van der Waals surface area (Å²) >= 11 is 0. The lowest BCUT2D eigenvalue weighted by molar-refractivity contribution is -0.421. The summed E-state index contributed by atoms with van der Waals surface area (Å²) in [5.41, 5.74) is 2.62. The van der Waals surface area contributed by atoms with Crippen molar-refractivity contribution < 1.29 is 27.9 Å². The molecule has 6 nitrogen and oxygen atoms in total. The van der Waals surface area contributed by atoms with Crippen LogP contribution >= 0.6 is 0 Å². The van der Waals surface area contributed by atoms with Gasteiger partial charge in [0.2, 0.25) is 8.32 Å². The molecule has 1 aromatic carbocycles. The lowest BCUT2D eigenvalue weighted by Crippen LogP contribution is -2.71. The molecule has 2 heterocycles. The Morgan fingerprint density at radius 3 is 2.19 bits per heavy atom. The number of rotatable bonds is 11. The van der Waals surface area contributed by atoms with Crippen LogP contribution < -0.4 is 0 Å². The first-order valence-corrected chi connectivity index (χ1v) is 23.9. The fourth-order valence-electron chi connectivity index (χ4n) is 10.9. The molecule has 8 heteroatoms. The van der Waals surface area contributed by atoms with Crippen molar-refractivity contribution in [2.75, 3.05) is 6.61 Å². The van der Waals surface area contributed by atoms with E-state index in [1.165, 1.54) is 0 Å². The van der Waals surface area contributed by atoms with E-state index in [1.54, 1.807) is 0 Å². The predicted octanol–water partition coefficient (Wildman–Crippen LogP) is 9.30. The zero-order valence-corrected chi connectivity index (χ0v) is 33.6. The maximum Gasteiger partial charge on any atom is 0.289 e. The third kappa shape index (κ3) is 5.22. The average molecular weight is 693 g/mol. The van der Waals surface area contributed by atoms with Gasteiger partial charge in [0.05, 0.1) is 18.6 Å². The van der Waals surface area contributed by atoms with E-state index < -0.39 is 39.4 Å². The molecule has 1 unspecified atom stereocenters. The number of hydrogen-bond acceptors (Lipinski definition) is 6. The molecule has 3 aliphatic carbocycles. The van der Waals surface area contributed by atoms with Gasteiger partial charge in [-0.25, -0.2) is 0 Å². The molecule has 0 spiro atoms. The van der Waals surface area contributed by atoms with Crippen LogP contribution in [0.15, 0.2) is 65.8 Å². The van der Waals surface area contributed by atoms with Gasteiger partial charge in [0.15, 0.2) is 14.1 Å². The van der Waals surface area contributed by atoms with Gasteiger partial charge in [0.1, 0.15) is 17.3 Å². The number of Topliss-reactive ketones (excluding diaryl/α,β-unsaturated/α-hetero) is 1. The summed E-state index contributed by atoms with van der Waals surface area (Å²) < 4.78 is 36.4. The molecule has 264 valence electrons.